The second-order valence-corrected chi connectivity index (χ2v) is 8.07. The average molecular weight is 373 g/mol. The van der Waals surface area contributed by atoms with Crippen molar-refractivity contribution in [3.63, 3.8) is 0 Å². The summed E-state index contributed by atoms with van der Waals surface area (Å²) in [5.41, 5.74) is 1.71. The second kappa shape index (κ2) is 9.31. The Balaban J connectivity index is 1.66. The van der Waals surface area contributed by atoms with Crippen LogP contribution in [-0.4, -0.2) is 37.6 Å². The van der Waals surface area contributed by atoms with Gasteiger partial charge < -0.3 is 10.1 Å². The number of thiophene rings is 1. The highest BCUT2D eigenvalue weighted by atomic mass is 32.1. The number of hydrogen-bond donors (Lipinski definition) is 1. The van der Waals surface area contributed by atoms with Crippen molar-refractivity contribution in [3.05, 3.63) is 57.8 Å². The number of rotatable bonds is 7. The summed E-state index contributed by atoms with van der Waals surface area (Å²) in [7, 11) is 1.66. The molecule has 1 aliphatic rings. The van der Waals surface area contributed by atoms with Crippen LogP contribution in [0.4, 0.5) is 0 Å². The van der Waals surface area contributed by atoms with Crippen molar-refractivity contribution in [2.45, 2.75) is 32.4 Å². The van der Waals surface area contributed by atoms with Crippen molar-refractivity contribution in [2.24, 2.45) is 5.92 Å². The third-order valence-electron chi connectivity index (χ3n) is 5.09. The molecule has 0 radical (unpaired) electrons. The van der Waals surface area contributed by atoms with E-state index in [0.29, 0.717) is 18.7 Å². The van der Waals surface area contributed by atoms with E-state index in [-0.39, 0.29) is 11.9 Å². The van der Waals surface area contributed by atoms with Crippen LogP contribution in [0.25, 0.3) is 0 Å². The zero-order valence-electron chi connectivity index (χ0n) is 15.6. The van der Waals surface area contributed by atoms with Crippen LogP contribution in [0, 0.1) is 5.92 Å². The summed E-state index contributed by atoms with van der Waals surface area (Å²) >= 11 is 1.77. The molecule has 0 spiro atoms. The molecular formula is C21H28N2O2S. The average Bonchev–Trinajstić information content (AvgIpc) is 3.18. The van der Waals surface area contributed by atoms with E-state index in [2.05, 4.69) is 34.7 Å². The first-order valence-electron chi connectivity index (χ1n) is 9.31. The highest BCUT2D eigenvalue weighted by molar-refractivity contribution is 7.10. The van der Waals surface area contributed by atoms with Gasteiger partial charge in [0.2, 0.25) is 0 Å². The van der Waals surface area contributed by atoms with E-state index in [1.54, 1.807) is 18.4 Å². The molecule has 4 nitrogen and oxygen atoms in total. The Kier molecular flexibility index (Phi) is 6.83. The van der Waals surface area contributed by atoms with Gasteiger partial charge in [0.05, 0.1) is 12.6 Å². The zero-order chi connectivity index (χ0) is 18.4. The minimum Gasteiger partial charge on any atom is -0.380 e. The lowest BCUT2D eigenvalue weighted by Crippen LogP contribution is -2.41. The molecule has 0 aliphatic carbocycles. The van der Waals surface area contributed by atoms with Crippen LogP contribution in [0.2, 0.25) is 0 Å². The number of carbonyl (C=O) groups excluding carboxylic acids is 1. The topological polar surface area (TPSA) is 41.6 Å². The Morgan fingerprint density at radius 3 is 2.81 bits per heavy atom. The van der Waals surface area contributed by atoms with Gasteiger partial charge in [0.15, 0.2) is 0 Å². The molecule has 1 aromatic carbocycles. The first-order chi connectivity index (χ1) is 12.7. The fraction of sp³-hybridized carbons (Fsp3) is 0.476. The van der Waals surface area contributed by atoms with E-state index in [9.17, 15) is 4.79 Å². The summed E-state index contributed by atoms with van der Waals surface area (Å²) in [5.74, 6) is 0.781. The number of nitrogens with one attached hydrogen (secondary N) is 1. The Bertz CT molecular complexity index is 694. The van der Waals surface area contributed by atoms with Gasteiger partial charge in [-0.05, 0) is 61.0 Å². The molecule has 1 amide bonds. The van der Waals surface area contributed by atoms with E-state index >= 15 is 0 Å². The van der Waals surface area contributed by atoms with E-state index in [1.807, 2.05) is 24.3 Å². The van der Waals surface area contributed by atoms with Gasteiger partial charge in [-0.1, -0.05) is 25.1 Å². The molecule has 0 bridgehead atoms. The maximum Gasteiger partial charge on any atom is 0.251 e. The first-order valence-corrected chi connectivity index (χ1v) is 10.2. The molecule has 1 saturated heterocycles. The number of ether oxygens (including phenoxy) is 1. The minimum atomic E-state index is -0.0186. The molecular weight excluding hydrogens is 344 g/mol. The van der Waals surface area contributed by atoms with E-state index in [4.69, 9.17) is 4.74 Å². The van der Waals surface area contributed by atoms with Crippen LogP contribution < -0.4 is 5.32 Å². The SMILES string of the molecule is COCc1cccc(C(=O)NCC(c2cccs2)N2CCC(C)CC2)c1. The van der Waals surface area contributed by atoms with E-state index in [0.717, 1.165) is 24.6 Å². The smallest absolute Gasteiger partial charge is 0.251 e. The maximum absolute atomic E-state index is 12.6. The minimum absolute atomic E-state index is 0.0186. The third kappa shape index (κ3) is 4.93. The van der Waals surface area contributed by atoms with Crippen LogP contribution in [-0.2, 0) is 11.3 Å². The van der Waals surface area contributed by atoms with Gasteiger partial charge in [-0.2, -0.15) is 0 Å². The van der Waals surface area contributed by atoms with Crippen molar-refractivity contribution in [1.29, 1.82) is 0 Å². The molecule has 1 aromatic heterocycles. The molecule has 1 atom stereocenters. The fourth-order valence-corrected chi connectivity index (χ4v) is 4.35. The summed E-state index contributed by atoms with van der Waals surface area (Å²) in [4.78, 5) is 16.5. The summed E-state index contributed by atoms with van der Waals surface area (Å²) in [6.07, 6.45) is 2.46. The first kappa shape index (κ1) is 19.1. The monoisotopic (exact) mass is 372 g/mol. The number of carbonyl (C=O) groups is 1. The summed E-state index contributed by atoms with van der Waals surface area (Å²) in [6, 6.07) is 12.2. The Labute approximate surface area is 160 Å². The molecule has 1 N–H and O–H groups in total. The van der Waals surface area contributed by atoms with E-state index in [1.165, 1.54) is 17.7 Å². The number of amides is 1. The van der Waals surface area contributed by atoms with Gasteiger partial charge in [0, 0.05) is 24.1 Å². The van der Waals surface area contributed by atoms with Crippen molar-refractivity contribution in [3.8, 4) is 0 Å². The van der Waals surface area contributed by atoms with Crippen molar-refractivity contribution >= 4 is 17.2 Å². The van der Waals surface area contributed by atoms with Crippen LogP contribution >= 0.6 is 11.3 Å². The number of nitrogens with zero attached hydrogens (tertiary/aromatic N) is 1. The molecule has 5 heteroatoms. The van der Waals surface area contributed by atoms with Gasteiger partial charge >= 0.3 is 0 Å². The maximum atomic E-state index is 12.6. The molecule has 3 rings (SSSR count). The number of piperidine rings is 1. The number of methoxy groups -OCH3 is 1. The molecule has 0 saturated carbocycles. The van der Waals surface area contributed by atoms with Crippen LogP contribution in [0.1, 0.15) is 46.6 Å². The van der Waals surface area contributed by atoms with Crippen molar-refractivity contribution in [1.82, 2.24) is 10.2 Å². The van der Waals surface area contributed by atoms with Crippen LogP contribution in [0.3, 0.4) is 0 Å². The predicted molar refractivity (Wildman–Crippen MR) is 107 cm³/mol. The Morgan fingerprint density at radius 2 is 2.12 bits per heavy atom. The van der Waals surface area contributed by atoms with Gasteiger partial charge in [0.25, 0.3) is 5.91 Å². The number of benzene rings is 1. The van der Waals surface area contributed by atoms with Gasteiger partial charge in [-0.3, -0.25) is 9.69 Å². The van der Waals surface area contributed by atoms with Gasteiger partial charge in [0.1, 0.15) is 0 Å². The summed E-state index contributed by atoms with van der Waals surface area (Å²) in [5, 5.41) is 5.27. The highest BCUT2D eigenvalue weighted by Gasteiger charge is 2.25. The van der Waals surface area contributed by atoms with Gasteiger partial charge in [-0.15, -0.1) is 11.3 Å². The van der Waals surface area contributed by atoms with E-state index < -0.39 is 0 Å². The molecule has 1 fully saturated rings. The van der Waals surface area contributed by atoms with Crippen molar-refractivity contribution in [2.75, 3.05) is 26.7 Å². The molecule has 2 heterocycles. The fourth-order valence-electron chi connectivity index (χ4n) is 3.49. The predicted octanol–water partition coefficient (Wildman–Crippen LogP) is 4.10. The number of likely N-dealkylation sites (tertiary alicyclic amines) is 1. The summed E-state index contributed by atoms with van der Waals surface area (Å²) < 4.78 is 5.16. The summed E-state index contributed by atoms with van der Waals surface area (Å²) in [6.45, 7) is 5.69. The largest absolute Gasteiger partial charge is 0.380 e. The zero-order valence-corrected chi connectivity index (χ0v) is 16.4. The lowest BCUT2D eigenvalue weighted by molar-refractivity contribution is 0.0914. The lowest BCUT2D eigenvalue weighted by atomic mass is 9.97. The van der Waals surface area contributed by atoms with Crippen LogP contribution in [0.15, 0.2) is 41.8 Å². The van der Waals surface area contributed by atoms with Crippen LogP contribution in [0.5, 0.6) is 0 Å². The molecule has 26 heavy (non-hydrogen) atoms. The third-order valence-corrected chi connectivity index (χ3v) is 6.06. The van der Waals surface area contributed by atoms with Crippen molar-refractivity contribution < 1.29 is 9.53 Å². The molecule has 140 valence electrons. The number of hydrogen-bond acceptors (Lipinski definition) is 4. The molecule has 1 unspecified atom stereocenters. The molecule has 1 aliphatic heterocycles. The Hall–Kier alpha value is -1.69. The molecule has 2 aromatic rings. The quantitative estimate of drug-likeness (QED) is 0.796. The highest BCUT2D eigenvalue weighted by Crippen LogP contribution is 2.29. The lowest BCUT2D eigenvalue weighted by Gasteiger charge is -2.36. The Morgan fingerprint density at radius 1 is 1.31 bits per heavy atom. The second-order valence-electron chi connectivity index (χ2n) is 7.09. The van der Waals surface area contributed by atoms with Gasteiger partial charge in [-0.25, -0.2) is 0 Å². The standard InChI is InChI=1S/C21H28N2O2S/c1-16-8-10-23(11-9-16)19(20-7-4-12-26-20)14-22-21(24)18-6-3-5-17(13-18)15-25-2/h3-7,12-13,16,19H,8-11,14-15H2,1-2H3,(H,22,24). The normalized spacial score (nSPS) is 17.2.